The zero-order chi connectivity index (χ0) is 8.53. The molecule has 0 bridgehead atoms. The van der Waals surface area contributed by atoms with E-state index in [9.17, 15) is 0 Å². The molecule has 0 radical (unpaired) electrons. The molecule has 1 rings (SSSR count). The van der Waals surface area contributed by atoms with Crippen LogP contribution in [0.25, 0.3) is 0 Å². The SMILES string of the molecule is CCN1CCCCC1.O=CO. The molecule has 0 aromatic carbocycles. The summed E-state index contributed by atoms with van der Waals surface area (Å²) in [6, 6.07) is 0. The largest absolute Gasteiger partial charge is 0.483 e. The van der Waals surface area contributed by atoms with Gasteiger partial charge in [0, 0.05) is 0 Å². The Balaban J connectivity index is 0.000000292. The van der Waals surface area contributed by atoms with Crippen molar-refractivity contribution in [3.8, 4) is 0 Å². The molecule has 0 atom stereocenters. The van der Waals surface area contributed by atoms with Crippen LogP contribution < -0.4 is 0 Å². The van der Waals surface area contributed by atoms with Gasteiger partial charge in [0.1, 0.15) is 0 Å². The first-order chi connectivity index (χ1) is 5.35. The summed E-state index contributed by atoms with van der Waals surface area (Å²) in [6.07, 6.45) is 4.30. The van der Waals surface area contributed by atoms with Gasteiger partial charge in [-0.15, -0.1) is 0 Å². The van der Waals surface area contributed by atoms with Crippen LogP contribution in [0.3, 0.4) is 0 Å². The third-order valence-corrected chi connectivity index (χ3v) is 1.90. The molecule has 1 aliphatic heterocycles. The molecule has 0 amide bonds. The minimum atomic E-state index is -0.250. The van der Waals surface area contributed by atoms with Crippen LogP contribution in [0, 0.1) is 0 Å². The van der Waals surface area contributed by atoms with E-state index in [1.165, 1.54) is 38.9 Å². The van der Waals surface area contributed by atoms with Gasteiger partial charge in [-0.25, -0.2) is 0 Å². The fourth-order valence-corrected chi connectivity index (χ4v) is 1.28. The molecule has 11 heavy (non-hydrogen) atoms. The fraction of sp³-hybridized carbons (Fsp3) is 0.875. The standard InChI is InChI=1S/C7H15N.CH2O2/c1-2-8-6-4-3-5-7-8;2-1-3/h2-7H2,1H3;1H,(H,2,3). The first-order valence-corrected chi connectivity index (χ1v) is 4.15. The van der Waals surface area contributed by atoms with Crippen LogP contribution >= 0.6 is 0 Å². The van der Waals surface area contributed by atoms with Crippen molar-refractivity contribution in [3.63, 3.8) is 0 Å². The van der Waals surface area contributed by atoms with Crippen LogP contribution in [0.5, 0.6) is 0 Å². The Kier molecular flexibility index (Phi) is 7.15. The highest BCUT2D eigenvalue weighted by Crippen LogP contribution is 2.06. The topological polar surface area (TPSA) is 40.5 Å². The molecule has 0 aromatic rings. The van der Waals surface area contributed by atoms with E-state index in [0.29, 0.717) is 0 Å². The quantitative estimate of drug-likeness (QED) is 0.584. The van der Waals surface area contributed by atoms with E-state index < -0.39 is 0 Å². The van der Waals surface area contributed by atoms with E-state index in [-0.39, 0.29) is 6.47 Å². The second-order valence-electron chi connectivity index (χ2n) is 2.60. The lowest BCUT2D eigenvalue weighted by Crippen LogP contribution is -2.29. The minimum Gasteiger partial charge on any atom is -0.483 e. The molecule has 0 unspecified atom stereocenters. The highest BCUT2D eigenvalue weighted by molar-refractivity contribution is 5.32. The number of carbonyl (C=O) groups is 1. The third-order valence-electron chi connectivity index (χ3n) is 1.90. The van der Waals surface area contributed by atoms with E-state index in [4.69, 9.17) is 9.90 Å². The lowest BCUT2D eigenvalue weighted by atomic mass is 10.1. The average Bonchev–Trinajstić information content (AvgIpc) is 2.08. The highest BCUT2D eigenvalue weighted by Gasteiger charge is 2.05. The average molecular weight is 159 g/mol. The van der Waals surface area contributed by atoms with Crippen LogP contribution in [-0.2, 0) is 4.79 Å². The zero-order valence-electron chi connectivity index (χ0n) is 7.12. The van der Waals surface area contributed by atoms with Crippen molar-refractivity contribution in [1.29, 1.82) is 0 Å². The Morgan fingerprint density at radius 3 is 2.09 bits per heavy atom. The maximum absolute atomic E-state index is 8.36. The highest BCUT2D eigenvalue weighted by atomic mass is 16.3. The first kappa shape index (κ1) is 10.4. The summed E-state index contributed by atoms with van der Waals surface area (Å²) >= 11 is 0. The van der Waals surface area contributed by atoms with Gasteiger partial charge in [0.25, 0.3) is 6.47 Å². The van der Waals surface area contributed by atoms with Crippen molar-refractivity contribution in [2.45, 2.75) is 26.2 Å². The van der Waals surface area contributed by atoms with Gasteiger partial charge < -0.3 is 10.0 Å². The second-order valence-corrected chi connectivity index (χ2v) is 2.60. The van der Waals surface area contributed by atoms with Gasteiger partial charge in [0.2, 0.25) is 0 Å². The number of hydrogen-bond donors (Lipinski definition) is 1. The predicted molar refractivity (Wildman–Crippen MR) is 44.7 cm³/mol. The Bertz CT molecular complexity index is 90.1. The number of carboxylic acid groups (broad SMARTS) is 1. The summed E-state index contributed by atoms with van der Waals surface area (Å²) < 4.78 is 0. The van der Waals surface area contributed by atoms with Crippen molar-refractivity contribution in [2.24, 2.45) is 0 Å². The smallest absolute Gasteiger partial charge is 0.290 e. The lowest BCUT2D eigenvalue weighted by Gasteiger charge is -2.24. The number of likely N-dealkylation sites (tertiary alicyclic amines) is 1. The number of hydrogen-bond acceptors (Lipinski definition) is 2. The fourth-order valence-electron chi connectivity index (χ4n) is 1.28. The zero-order valence-corrected chi connectivity index (χ0v) is 7.12. The normalized spacial score (nSPS) is 18.3. The molecule has 0 spiro atoms. The molecule has 1 fully saturated rings. The maximum atomic E-state index is 8.36. The molecular weight excluding hydrogens is 142 g/mol. The number of nitrogens with zero attached hydrogens (tertiary/aromatic N) is 1. The maximum Gasteiger partial charge on any atom is 0.290 e. The number of piperidine rings is 1. The van der Waals surface area contributed by atoms with Gasteiger partial charge in [0.15, 0.2) is 0 Å². The minimum absolute atomic E-state index is 0.250. The lowest BCUT2D eigenvalue weighted by molar-refractivity contribution is -0.122. The van der Waals surface area contributed by atoms with Crippen molar-refractivity contribution in [3.05, 3.63) is 0 Å². The number of rotatable bonds is 1. The summed E-state index contributed by atoms with van der Waals surface area (Å²) in [6.45, 7) is 5.93. The van der Waals surface area contributed by atoms with Crippen molar-refractivity contribution in [1.82, 2.24) is 4.90 Å². The second kappa shape index (κ2) is 7.54. The van der Waals surface area contributed by atoms with E-state index in [1.54, 1.807) is 0 Å². The summed E-state index contributed by atoms with van der Waals surface area (Å²) in [5.74, 6) is 0. The molecule has 1 N–H and O–H groups in total. The van der Waals surface area contributed by atoms with Gasteiger partial charge in [-0.2, -0.15) is 0 Å². The van der Waals surface area contributed by atoms with Crippen molar-refractivity contribution < 1.29 is 9.90 Å². The Labute approximate surface area is 68.0 Å². The molecule has 3 nitrogen and oxygen atoms in total. The molecule has 0 aliphatic carbocycles. The molecule has 3 heteroatoms. The Morgan fingerprint density at radius 2 is 1.82 bits per heavy atom. The van der Waals surface area contributed by atoms with Gasteiger partial charge >= 0.3 is 0 Å². The van der Waals surface area contributed by atoms with Crippen LogP contribution in [0.2, 0.25) is 0 Å². The monoisotopic (exact) mass is 159 g/mol. The molecule has 1 heterocycles. The summed E-state index contributed by atoms with van der Waals surface area (Å²) in [4.78, 5) is 10.9. The van der Waals surface area contributed by atoms with Gasteiger partial charge in [-0.1, -0.05) is 13.3 Å². The van der Waals surface area contributed by atoms with E-state index in [0.717, 1.165) is 0 Å². The first-order valence-electron chi connectivity index (χ1n) is 4.15. The predicted octanol–water partition coefficient (Wildman–Crippen LogP) is 1.19. The van der Waals surface area contributed by atoms with Crippen LogP contribution in [-0.4, -0.2) is 36.1 Å². The Morgan fingerprint density at radius 1 is 1.36 bits per heavy atom. The molecular formula is C8H17NO2. The van der Waals surface area contributed by atoms with E-state index >= 15 is 0 Å². The van der Waals surface area contributed by atoms with Crippen molar-refractivity contribution >= 4 is 6.47 Å². The van der Waals surface area contributed by atoms with Crippen molar-refractivity contribution in [2.75, 3.05) is 19.6 Å². The van der Waals surface area contributed by atoms with E-state index in [1.807, 2.05) is 0 Å². The van der Waals surface area contributed by atoms with Crippen LogP contribution in [0.4, 0.5) is 0 Å². The van der Waals surface area contributed by atoms with Gasteiger partial charge in [-0.05, 0) is 32.5 Å². The van der Waals surface area contributed by atoms with Crippen LogP contribution in [0.1, 0.15) is 26.2 Å². The molecule has 0 saturated carbocycles. The Hall–Kier alpha value is -0.570. The summed E-state index contributed by atoms with van der Waals surface area (Å²) in [5.41, 5.74) is 0. The molecule has 0 aromatic heterocycles. The molecule has 66 valence electrons. The van der Waals surface area contributed by atoms with Crippen LogP contribution in [0.15, 0.2) is 0 Å². The third kappa shape index (κ3) is 5.85. The van der Waals surface area contributed by atoms with Gasteiger partial charge in [0.05, 0.1) is 0 Å². The van der Waals surface area contributed by atoms with E-state index in [2.05, 4.69) is 11.8 Å². The molecule has 1 saturated heterocycles. The van der Waals surface area contributed by atoms with Gasteiger partial charge in [-0.3, -0.25) is 4.79 Å². The summed E-state index contributed by atoms with van der Waals surface area (Å²) in [7, 11) is 0. The molecule has 1 aliphatic rings. The summed E-state index contributed by atoms with van der Waals surface area (Å²) in [5, 5.41) is 6.89.